The zero-order valence-corrected chi connectivity index (χ0v) is 12.8. The third kappa shape index (κ3) is 4.00. The first-order valence-corrected chi connectivity index (χ1v) is 7.33. The fourth-order valence-corrected chi connectivity index (χ4v) is 2.70. The van der Waals surface area contributed by atoms with Gasteiger partial charge in [-0.2, -0.15) is 0 Å². The molecule has 0 radical (unpaired) electrons. The maximum atomic E-state index is 11.8. The Labute approximate surface area is 122 Å². The van der Waals surface area contributed by atoms with E-state index in [1.54, 1.807) is 0 Å². The number of hydrogen-bond donors (Lipinski definition) is 1. The highest BCUT2D eigenvalue weighted by molar-refractivity contribution is 9.11. The van der Waals surface area contributed by atoms with Gasteiger partial charge in [-0.15, -0.1) is 0 Å². The lowest BCUT2D eigenvalue weighted by Gasteiger charge is -2.21. The van der Waals surface area contributed by atoms with Gasteiger partial charge in [0.15, 0.2) is 5.82 Å². The van der Waals surface area contributed by atoms with Gasteiger partial charge < -0.3 is 10.1 Å². The molecule has 1 N–H and O–H groups in total. The van der Waals surface area contributed by atoms with Crippen LogP contribution in [-0.4, -0.2) is 28.6 Å². The van der Waals surface area contributed by atoms with Crippen LogP contribution in [-0.2, 0) is 9.53 Å². The summed E-state index contributed by atoms with van der Waals surface area (Å²) in [5, 5.41) is 2.72. The topological polar surface area (TPSA) is 64.1 Å². The van der Waals surface area contributed by atoms with E-state index >= 15 is 0 Å². The third-order valence-corrected chi connectivity index (χ3v) is 3.58. The van der Waals surface area contributed by atoms with Crippen molar-refractivity contribution in [1.82, 2.24) is 9.97 Å². The van der Waals surface area contributed by atoms with Crippen LogP contribution in [0.15, 0.2) is 15.4 Å². The molecule has 98 valence electrons. The standard InChI is InChI=1S/C11H13Br2N3O2/c12-8-6-14-11(10(13)15-8)16-9(17)5-7-3-1-2-4-18-7/h6-7H,1-5H2,(H,14,16,17). The summed E-state index contributed by atoms with van der Waals surface area (Å²) in [5.74, 6) is 0.332. The Morgan fingerprint density at radius 3 is 3.00 bits per heavy atom. The number of nitrogens with one attached hydrogen (secondary N) is 1. The number of hydrogen-bond acceptors (Lipinski definition) is 4. The number of aromatic nitrogens is 2. The van der Waals surface area contributed by atoms with Crippen LogP contribution in [0.1, 0.15) is 25.7 Å². The van der Waals surface area contributed by atoms with Gasteiger partial charge in [-0.3, -0.25) is 4.79 Å². The first-order valence-electron chi connectivity index (χ1n) is 5.74. The first kappa shape index (κ1) is 13.9. The molecule has 1 fully saturated rings. The van der Waals surface area contributed by atoms with Crippen LogP contribution in [0.5, 0.6) is 0 Å². The van der Waals surface area contributed by atoms with Crippen molar-refractivity contribution in [2.45, 2.75) is 31.8 Å². The molecule has 1 aliphatic heterocycles. The minimum Gasteiger partial charge on any atom is -0.378 e. The Morgan fingerprint density at radius 1 is 1.50 bits per heavy atom. The molecule has 1 atom stereocenters. The second kappa shape index (κ2) is 6.58. The number of ether oxygens (including phenoxy) is 1. The van der Waals surface area contributed by atoms with Gasteiger partial charge in [-0.05, 0) is 51.1 Å². The zero-order valence-electron chi connectivity index (χ0n) is 9.66. The molecule has 1 amide bonds. The summed E-state index contributed by atoms with van der Waals surface area (Å²) in [5.41, 5.74) is 0. The predicted molar refractivity (Wildman–Crippen MR) is 74.3 cm³/mol. The lowest BCUT2D eigenvalue weighted by atomic mass is 10.1. The summed E-state index contributed by atoms with van der Waals surface area (Å²) in [6.07, 6.45) is 5.09. The van der Waals surface area contributed by atoms with E-state index in [2.05, 4.69) is 47.1 Å². The molecule has 0 saturated carbocycles. The van der Waals surface area contributed by atoms with Gasteiger partial charge in [-0.1, -0.05) is 0 Å². The van der Waals surface area contributed by atoms with Crippen LogP contribution in [0.2, 0.25) is 0 Å². The Bertz CT molecular complexity index is 436. The molecule has 0 aromatic carbocycles. The van der Waals surface area contributed by atoms with Crippen molar-refractivity contribution >= 4 is 43.6 Å². The zero-order chi connectivity index (χ0) is 13.0. The molecule has 1 aromatic rings. The highest BCUT2D eigenvalue weighted by Gasteiger charge is 2.18. The van der Waals surface area contributed by atoms with E-state index < -0.39 is 0 Å². The molecule has 1 aliphatic rings. The number of anilines is 1. The number of amides is 1. The van der Waals surface area contributed by atoms with Gasteiger partial charge >= 0.3 is 0 Å². The molecular weight excluding hydrogens is 366 g/mol. The molecular formula is C11H13Br2N3O2. The van der Waals surface area contributed by atoms with Crippen molar-refractivity contribution in [3.05, 3.63) is 15.4 Å². The Morgan fingerprint density at radius 2 is 2.33 bits per heavy atom. The molecule has 0 aliphatic carbocycles. The molecule has 5 nitrogen and oxygen atoms in total. The van der Waals surface area contributed by atoms with E-state index in [0.29, 0.717) is 21.4 Å². The van der Waals surface area contributed by atoms with Crippen LogP contribution < -0.4 is 5.32 Å². The van der Waals surface area contributed by atoms with Gasteiger partial charge in [-0.25, -0.2) is 9.97 Å². The van der Waals surface area contributed by atoms with E-state index in [-0.39, 0.29) is 12.0 Å². The number of carbonyl (C=O) groups excluding carboxylic acids is 1. The molecule has 7 heteroatoms. The number of nitrogens with zero attached hydrogens (tertiary/aromatic N) is 2. The van der Waals surface area contributed by atoms with Crippen molar-refractivity contribution in [3.63, 3.8) is 0 Å². The SMILES string of the molecule is O=C(CC1CCCCO1)Nc1ncc(Br)nc1Br. The smallest absolute Gasteiger partial charge is 0.228 e. The van der Waals surface area contributed by atoms with Crippen LogP contribution in [0, 0.1) is 0 Å². The average molecular weight is 379 g/mol. The first-order chi connectivity index (χ1) is 8.65. The van der Waals surface area contributed by atoms with Gasteiger partial charge in [0.25, 0.3) is 0 Å². The summed E-state index contributed by atoms with van der Waals surface area (Å²) < 4.78 is 6.64. The third-order valence-electron chi connectivity index (χ3n) is 2.65. The highest BCUT2D eigenvalue weighted by atomic mass is 79.9. The Hall–Kier alpha value is -0.530. The summed E-state index contributed by atoms with van der Waals surface area (Å²) in [6.45, 7) is 0.750. The summed E-state index contributed by atoms with van der Waals surface area (Å²) in [6, 6.07) is 0. The van der Waals surface area contributed by atoms with Crippen LogP contribution in [0.4, 0.5) is 5.82 Å². The molecule has 0 bridgehead atoms. The fraction of sp³-hybridized carbons (Fsp3) is 0.545. The lowest BCUT2D eigenvalue weighted by molar-refractivity contribution is -0.119. The van der Waals surface area contributed by atoms with E-state index in [4.69, 9.17) is 4.74 Å². The quantitative estimate of drug-likeness (QED) is 0.878. The molecule has 0 spiro atoms. The summed E-state index contributed by atoms with van der Waals surface area (Å²) >= 11 is 6.46. The van der Waals surface area contributed by atoms with Crippen molar-refractivity contribution in [1.29, 1.82) is 0 Å². The summed E-state index contributed by atoms with van der Waals surface area (Å²) in [4.78, 5) is 20.0. The predicted octanol–water partition coefficient (Wildman–Crippen LogP) is 2.90. The van der Waals surface area contributed by atoms with Crippen molar-refractivity contribution < 1.29 is 9.53 Å². The van der Waals surface area contributed by atoms with Gasteiger partial charge in [0, 0.05) is 6.61 Å². The number of rotatable bonds is 3. The average Bonchev–Trinajstić information content (AvgIpc) is 2.34. The maximum Gasteiger partial charge on any atom is 0.228 e. The Kier molecular flexibility index (Phi) is 5.08. The minimum absolute atomic E-state index is 0.0286. The number of carbonyl (C=O) groups is 1. The van der Waals surface area contributed by atoms with E-state index in [9.17, 15) is 4.79 Å². The largest absolute Gasteiger partial charge is 0.378 e. The van der Waals surface area contributed by atoms with Gasteiger partial charge in [0.05, 0.1) is 18.7 Å². The second-order valence-electron chi connectivity index (χ2n) is 4.07. The molecule has 1 unspecified atom stereocenters. The maximum absolute atomic E-state index is 11.8. The second-order valence-corrected chi connectivity index (χ2v) is 5.64. The monoisotopic (exact) mass is 377 g/mol. The Balaban J connectivity index is 1.90. The van der Waals surface area contributed by atoms with E-state index in [1.165, 1.54) is 6.20 Å². The lowest BCUT2D eigenvalue weighted by Crippen LogP contribution is -2.26. The van der Waals surface area contributed by atoms with Crippen molar-refractivity contribution in [3.8, 4) is 0 Å². The van der Waals surface area contributed by atoms with Gasteiger partial charge in [0.2, 0.25) is 5.91 Å². The molecule has 2 heterocycles. The molecule has 18 heavy (non-hydrogen) atoms. The van der Waals surface area contributed by atoms with Gasteiger partial charge in [0.1, 0.15) is 9.21 Å². The summed E-state index contributed by atoms with van der Waals surface area (Å²) in [7, 11) is 0. The highest BCUT2D eigenvalue weighted by Crippen LogP contribution is 2.21. The number of halogens is 2. The van der Waals surface area contributed by atoms with Crippen LogP contribution in [0.3, 0.4) is 0 Å². The van der Waals surface area contributed by atoms with Crippen LogP contribution in [0.25, 0.3) is 0 Å². The normalized spacial score (nSPS) is 19.6. The van der Waals surface area contributed by atoms with Crippen molar-refractivity contribution in [2.75, 3.05) is 11.9 Å². The minimum atomic E-state index is -0.0979. The molecule has 1 saturated heterocycles. The van der Waals surface area contributed by atoms with E-state index in [0.717, 1.165) is 25.9 Å². The fourth-order valence-electron chi connectivity index (χ4n) is 1.79. The molecule has 1 aromatic heterocycles. The van der Waals surface area contributed by atoms with Crippen LogP contribution >= 0.6 is 31.9 Å². The van der Waals surface area contributed by atoms with E-state index in [1.807, 2.05) is 0 Å². The molecule has 2 rings (SSSR count). The van der Waals surface area contributed by atoms with Crippen molar-refractivity contribution in [2.24, 2.45) is 0 Å².